The fraction of sp³-hybridized carbons (Fsp3) is 0.241. The molecule has 8 heteroatoms. The van der Waals surface area contributed by atoms with Gasteiger partial charge >= 0.3 is 5.97 Å². The van der Waals surface area contributed by atoms with Crippen molar-refractivity contribution in [3.8, 4) is 11.5 Å². The summed E-state index contributed by atoms with van der Waals surface area (Å²) in [4.78, 5) is 25.6. The molecule has 2 heterocycles. The first-order chi connectivity index (χ1) is 18.1. The van der Waals surface area contributed by atoms with Gasteiger partial charge in [0.1, 0.15) is 13.2 Å². The lowest BCUT2D eigenvalue weighted by Gasteiger charge is -2.21. The summed E-state index contributed by atoms with van der Waals surface area (Å²) in [7, 11) is 0. The van der Waals surface area contributed by atoms with Crippen molar-refractivity contribution in [1.29, 1.82) is 0 Å². The van der Waals surface area contributed by atoms with E-state index < -0.39 is 5.97 Å². The first kappa shape index (κ1) is 24.4. The molecule has 190 valence electrons. The molecule has 0 saturated heterocycles. The summed E-state index contributed by atoms with van der Waals surface area (Å²) in [5.74, 6) is 0.598. The third-order valence-electron chi connectivity index (χ3n) is 6.16. The van der Waals surface area contributed by atoms with E-state index in [4.69, 9.17) is 14.2 Å². The molecule has 3 aromatic rings. The number of benzene rings is 3. The zero-order chi connectivity index (χ0) is 25.8. The van der Waals surface area contributed by atoms with Crippen LogP contribution in [0.15, 0.2) is 60.7 Å². The van der Waals surface area contributed by atoms with Crippen LogP contribution in [0.4, 0.5) is 11.4 Å². The molecule has 5 rings (SSSR count). The highest BCUT2D eigenvalue weighted by molar-refractivity contribution is 6.37. The number of nitrogens with one attached hydrogen (secondary N) is 3. The predicted octanol–water partition coefficient (Wildman–Crippen LogP) is 4.68. The van der Waals surface area contributed by atoms with Crippen LogP contribution in [0, 0.1) is 0 Å². The van der Waals surface area contributed by atoms with Crippen molar-refractivity contribution in [2.75, 3.05) is 37.0 Å². The van der Waals surface area contributed by atoms with Crippen molar-refractivity contribution < 1.29 is 23.8 Å². The second-order valence-electron chi connectivity index (χ2n) is 8.65. The third-order valence-corrected chi connectivity index (χ3v) is 6.16. The zero-order valence-electron chi connectivity index (χ0n) is 20.9. The number of fused-ring (bicyclic) bond motifs is 2. The third kappa shape index (κ3) is 5.15. The Balaban J connectivity index is 1.58. The van der Waals surface area contributed by atoms with Crippen LogP contribution in [0.25, 0.3) is 11.3 Å². The molecule has 1 amide bonds. The van der Waals surface area contributed by atoms with Gasteiger partial charge in [-0.1, -0.05) is 25.1 Å². The number of ether oxygens (including phenoxy) is 3. The minimum Gasteiger partial charge on any atom is -0.486 e. The van der Waals surface area contributed by atoms with Crippen LogP contribution in [-0.4, -0.2) is 38.2 Å². The monoisotopic (exact) mass is 499 g/mol. The van der Waals surface area contributed by atoms with E-state index in [1.54, 1.807) is 25.1 Å². The Morgan fingerprint density at radius 3 is 2.46 bits per heavy atom. The average molecular weight is 500 g/mol. The number of amides is 1. The maximum atomic E-state index is 13.3. The highest BCUT2D eigenvalue weighted by Gasteiger charge is 2.30. The Hall–Kier alpha value is -4.30. The van der Waals surface area contributed by atoms with E-state index in [0.29, 0.717) is 52.8 Å². The van der Waals surface area contributed by atoms with Crippen LogP contribution < -0.4 is 25.4 Å². The minimum atomic E-state index is -0.431. The van der Waals surface area contributed by atoms with Crippen molar-refractivity contribution in [3.05, 3.63) is 82.9 Å². The summed E-state index contributed by atoms with van der Waals surface area (Å²) in [5, 5.41) is 9.69. The highest BCUT2D eigenvalue weighted by Crippen LogP contribution is 2.40. The SMILES string of the molecule is CCNCc1ccc(NC(=C2C(=O)Nc3cc(C(=O)OCC)ccc32)c2ccc3c(c2)OCCO3)cc1. The number of hydrogen-bond donors (Lipinski definition) is 3. The van der Waals surface area contributed by atoms with Gasteiger partial charge in [0.25, 0.3) is 5.91 Å². The molecule has 8 nitrogen and oxygen atoms in total. The molecule has 2 aliphatic rings. The van der Waals surface area contributed by atoms with Crippen LogP contribution in [0.1, 0.15) is 40.9 Å². The van der Waals surface area contributed by atoms with Crippen LogP contribution in [0.5, 0.6) is 11.5 Å². The molecule has 0 atom stereocenters. The molecule has 37 heavy (non-hydrogen) atoms. The average Bonchev–Trinajstić information content (AvgIpc) is 3.25. The highest BCUT2D eigenvalue weighted by atomic mass is 16.6. The van der Waals surface area contributed by atoms with Gasteiger partial charge in [-0.05, 0) is 61.5 Å². The van der Waals surface area contributed by atoms with Gasteiger partial charge in [-0.15, -0.1) is 0 Å². The lowest BCUT2D eigenvalue weighted by molar-refractivity contribution is -0.110. The Kier molecular flexibility index (Phi) is 7.09. The molecule has 0 fully saturated rings. The van der Waals surface area contributed by atoms with E-state index in [0.717, 1.165) is 29.9 Å². The molecule has 0 aromatic heterocycles. The van der Waals surface area contributed by atoms with Crippen LogP contribution in [-0.2, 0) is 16.1 Å². The van der Waals surface area contributed by atoms with Gasteiger partial charge in [-0.3, -0.25) is 4.79 Å². The number of rotatable bonds is 8. The number of esters is 1. The fourth-order valence-corrected chi connectivity index (χ4v) is 4.36. The summed E-state index contributed by atoms with van der Waals surface area (Å²) in [5.41, 5.74) is 5.50. The maximum Gasteiger partial charge on any atom is 0.338 e. The van der Waals surface area contributed by atoms with Crippen molar-refractivity contribution in [2.24, 2.45) is 0 Å². The van der Waals surface area contributed by atoms with Crippen molar-refractivity contribution in [1.82, 2.24) is 5.32 Å². The first-order valence-corrected chi connectivity index (χ1v) is 12.4. The molecule has 3 N–H and O–H groups in total. The number of carbonyl (C=O) groups is 2. The van der Waals surface area contributed by atoms with Crippen molar-refractivity contribution in [2.45, 2.75) is 20.4 Å². The Bertz CT molecular complexity index is 1360. The topological polar surface area (TPSA) is 97.9 Å². The quantitative estimate of drug-likeness (QED) is 0.306. The molecule has 0 unspecified atom stereocenters. The Labute approximate surface area is 215 Å². The molecule has 0 aliphatic carbocycles. The lowest BCUT2D eigenvalue weighted by Crippen LogP contribution is -2.16. The molecule has 0 bridgehead atoms. The predicted molar refractivity (Wildman–Crippen MR) is 143 cm³/mol. The van der Waals surface area contributed by atoms with E-state index >= 15 is 0 Å². The van der Waals surface area contributed by atoms with Gasteiger partial charge in [0.05, 0.1) is 29.1 Å². The largest absolute Gasteiger partial charge is 0.486 e. The van der Waals surface area contributed by atoms with Crippen molar-refractivity contribution in [3.63, 3.8) is 0 Å². The van der Waals surface area contributed by atoms with Gasteiger partial charge in [0.15, 0.2) is 11.5 Å². The standard InChI is InChI=1S/C29H29N3O5/c1-3-30-17-18-5-9-21(10-6-18)31-27(19-8-12-24-25(16-19)37-14-13-36-24)26-22-11-7-20(29(34)35-4-2)15-23(22)32-28(26)33/h5-12,15-16,30-31H,3-4,13-14,17H2,1-2H3,(H,32,33). The summed E-state index contributed by atoms with van der Waals surface area (Å²) in [6.45, 7) is 6.74. The van der Waals surface area contributed by atoms with Gasteiger partial charge in [-0.25, -0.2) is 4.79 Å². The van der Waals surface area contributed by atoms with Gasteiger partial charge in [0, 0.05) is 23.4 Å². The van der Waals surface area contributed by atoms with E-state index in [1.807, 2.05) is 42.5 Å². The summed E-state index contributed by atoms with van der Waals surface area (Å²) in [6.07, 6.45) is 0. The second kappa shape index (κ2) is 10.8. The molecule has 2 aliphatic heterocycles. The Morgan fingerprint density at radius 2 is 1.70 bits per heavy atom. The molecule has 3 aromatic carbocycles. The van der Waals surface area contributed by atoms with Gasteiger partial charge in [-0.2, -0.15) is 0 Å². The smallest absolute Gasteiger partial charge is 0.338 e. The summed E-state index contributed by atoms with van der Waals surface area (Å²) < 4.78 is 16.6. The van der Waals surface area contributed by atoms with Crippen LogP contribution in [0.2, 0.25) is 0 Å². The second-order valence-corrected chi connectivity index (χ2v) is 8.65. The van der Waals surface area contributed by atoms with Crippen molar-refractivity contribution >= 4 is 34.5 Å². The Morgan fingerprint density at radius 1 is 0.946 bits per heavy atom. The number of carbonyl (C=O) groups excluding carboxylic acids is 2. The zero-order valence-corrected chi connectivity index (χ0v) is 20.9. The number of hydrogen-bond acceptors (Lipinski definition) is 7. The fourth-order valence-electron chi connectivity index (χ4n) is 4.36. The minimum absolute atomic E-state index is 0.267. The maximum absolute atomic E-state index is 13.3. The first-order valence-electron chi connectivity index (χ1n) is 12.4. The van der Waals surface area contributed by atoms with Gasteiger partial charge < -0.3 is 30.2 Å². The van der Waals surface area contributed by atoms with E-state index in [2.05, 4.69) is 22.9 Å². The molecular weight excluding hydrogens is 470 g/mol. The van der Waals surface area contributed by atoms with E-state index in [-0.39, 0.29) is 12.5 Å². The van der Waals surface area contributed by atoms with Gasteiger partial charge in [0.2, 0.25) is 0 Å². The van der Waals surface area contributed by atoms with E-state index in [9.17, 15) is 9.59 Å². The summed E-state index contributed by atoms with van der Waals surface area (Å²) in [6, 6.07) is 18.8. The molecule has 0 spiro atoms. The van der Waals surface area contributed by atoms with Crippen LogP contribution in [0.3, 0.4) is 0 Å². The number of anilines is 2. The molecular formula is C29H29N3O5. The summed E-state index contributed by atoms with van der Waals surface area (Å²) >= 11 is 0. The lowest BCUT2D eigenvalue weighted by atomic mass is 9.98. The molecule has 0 saturated carbocycles. The van der Waals surface area contributed by atoms with Crippen LogP contribution >= 0.6 is 0 Å². The normalized spacial score (nSPS) is 15.0. The van der Waals surface area contributed by atoms with E-state index in [1.165, 1.54) is 0 Å². The molecule has 0 radical (unpaired) electrons.